The smallest absolute Gasteiger partial charge is 0.339 e. The molecule has 7 nitrogen and oxygen atoms in total. The van der Waals surface area contributed by atoms with E-state index in [1.807, 2.05) is 4.90 Å². The first-order valence-corrected chi connectivity index (χ1v) is 8.54. The molecule has 1 atom stereocenters. The van der Waals surface area contributed by atoms with Crippen LogP contribution in [0.2, 0.25) is 0 Å². The predicted octanol–water partition coefficient (Wildman–Crippen LogP) is 0.538. The molecule has 1 unspecified atom stereocenters. The third-order valence-corrected chi connectivity index (χ3v) is 5.16. The van der Waals surface area contributed by atoms with Crippen molar-refractivity contribution in [2.45, 2.75) is 26.3 Å². The van der Waals surface area contributed by atoms with E-state index in [0.717, 1.165) is 45.7 Å². The summed E-state index contributed by atoms with van der Waals surface area (Å²) in [5, 5.41) is 3.36. The van der Waals surface area contributed by atoms with Crippen molar-refractivity contribution in [3.05, 3.63) is 22.5 Å². The fraction of sp³-hybridized carbons (Fsp3) is 0.647. The van der Waals surface area contributed by atoms with E-state index in [1.165, 1.54) is 7.11 Å². The minimum atomic E-state index is -0.402. The molecule has 1 aromatic heterocycles. The third-order valence-electron chi connectivity index (χ3n) is 5.16. The zero-order valence-corrected chi connectivity index (χ0v) is 14.6. The van der Waals surface area contributed by atoms with Crippen molar-refractivity contribution in [1.82, 2.24) is 20.1 Å². The quantitative estimate of drug-likeness (QED) is 0.789. The number of rotatable bonds is 3. The number of aryl methyl sites for hydroxylation is 1. The Labute approximate surface area is 142 Å². The summed E-state index contributed by atoms with van der Waals surface area (Å²) in [6.45, 7) is 9.22. The Balaban J connectivity index is 1.72. The molecule has 0 radical (unpaired) electrons. The topological polar surface area (TPSA) is 77.7 Å². The second kappa shape index (κ2) is 6.94. The molecular formula is C17H26N4O3. The van der Waals surface area contributed by atoms with Crippen LogP contribution in [0, 0.1) is 13.8 Å². The summed E-state index contributed by atoms with van der Waals surface area (Å²) in [6.07, 6.45) is 1.01. The van der Waals surface area contributed by atoms with E-state index in [2.05, 4.69) is 15.2 Å². The van der Waals surface area contributed by atoms with Gasteiger partial charge in [-0.2, -0.15) is 0 Å². The van der Waals surface area contributed by atoms with Gasteiger partial charge in [-0.3, -0.25) is 9.69 Å². The highest BCUT2D eigenvalue weighted by molar-refractivity contribution is 6.00. The lowest BCUT2D eigenvalue weighted by atomic mass is 10.1. The average Bonchev–Trinajstić information content (AvgIpc) is 3.20. The maximum absolute atomic E-state index is 12.9. The lowest BCUT2D eigenvalue weighted by Crippen LogP contribution is -2.49. The second-order valence-electron chi connectivity index (χ2n) is 6.60. The van der Waals surface area contributed by atoms with Gasteiger partial charge in [0.1, 0.15) is 5.69 Å². The van der Waals surface area contributed by atoms with Crippen LogP contribution in [0.4, 0.5) is 0 Å². The number of H-pyrrole nitrogens is 1. The average molecular weight is 334 g/mol. The SMILES string of the molecule is COC(=O)c1c(C)[nH]c(C(=O)N2CCC(N3CCNCC3)C2)c1C. The van der Waals surface area contributed by atoms with Crippen molar-refractivity contribution in [2.24, 2.45) is 0 Å². The molecule has 3 rings (SSSR count). The number of methoxy groups -OCH3 is 1. The fourth-order valence-electron chi connectivity index (χ4n) is 3.80. The normalized spacial score (nSPS) is 22.0. The van der Waals surface area contributed by atoms with Gasteiger partial charge in [0.15, 0.2) is 0 Å². The van der Waals surface area contributed by atoms with Crippen LogP contribution in [0.1, 0.15) is 38.5 Å². The van der Waals surface area contributed by atoms with Gasteiger partial charge in [0.25, 0.3) is 5.91 Å². The van der Waals surface area contributed by atoms with Gasteiger partial charge in [0.2, 0.25) is 0 Å². The molecule has 0 aliphatic carbocycles. The number of hydrogen-bond donors (Lipinski definition) is 2. The lowest BCUT2D eigenvalue weighted by Gasteiger charge is -2.32. The number of carbonyl (C=O) groups is 2. The summed E-state index contributed by atoms with van der Waals surface area (Å²) in [6, 6.07) is 0.437. The molecule has 1 aromatic rings. The molecule has 1 amide bonds. The molecule has 24 heavy (non-hydrogen) atoms. The van der Waals surface area contributed by atoms with E-state index in [0.29, 0.717) is 28.6 Å². The Bertz CT molecular complexity index is 634. The van der Waals surface area contributed by atoms with Gasteiger partial charge < -0.3 is 19.9 Å². The fourth-order valence-corrected chi connectivity index (χ4v) is 3.80. The van der Waals surface area contributed by atoms with Gasteiger partial charge in [-0.05, 0) is 25.8 Å². The van der Waals surface area contributed by atoms with Gasteiger partial charge in [-0.1, -0.05) is 0 Å². The van der Waals surface area contributed by atoms with Crippen LogP contribution in [-0.2, 0) is 4.74 Å². The minimum absolute atomic E-state index is 0.0246. The Hall–Kier alpha value is -1.86. The van der Waals surface area contributed by atoms with E-state index in [9.17, 15) is 9.59 Å². The zero-order valence-electron chi connectivity index (χ0n) is 14.6. The molecule has 7 heteroatoms. The van der Waals surface area contributed by atoms with Crippen molar-refractivity contribution in [3.8, 4) is 0 Å². The highest BCUT2D eigenvalue weighted by Crippen LogP contribution is 2.23. The summed E-state index contributed by atoms with van der Waals surface area (Å²) in [4.78, 5) is 32.2. The molecule has 2 saturated heterocycles. The van der Waals surface area contributed by atoms with Crippen molar-refractivity contribution < 1.29 is 14.3 Å². The number of aromatic nitrogens is 1. The van der Waals surface area contributed by atoms with Crippen LogP contribution < -0.4 is 5.32 Å². The number of aromatic amines is 1. The number of nitrogens with one attached hydrogen (secondary N) is 2. The number of amides is 1. The first-order valence-electron chi connectivity index (χ1n) is 8.54. The number of hydrogen-bond acceptors (Lipinski definition) is 5. The van der Waals surface area contributed by atoms with Crippen LogP contribution in [0.25, 0.3) is 0 Å². The second-order valence-corrected chi connectivity index (χ2v) is 6.60. The first-order chi connectivity index (χ1) is 11.5. The Morgan fingerprint density at radius 2 is 1.88 bits per heavy atom. The standard InChI is InChI=1S/C17H26N4O3/c1-11-14(17(23)24-3)12(2)19-15(11)16(22)21-7-4-13(10-21)20-8-5-18-6-9-20/h13,18-19H,4-10H2,1-3H3. The largest absolute Gasteiger partial charge is 0.465 e. The van der Waals surface area contributed by atoms with E-state index >= 15 is 0 Å². The van der Waals surface area contributed by atoms with E-state index in [-0.39, 0.29) is 5.91 Å². The number of piperazine rings is 1. The van der Waals surface area contributed by atoms with Crippen LogP contribution in [0.5, 0.6) is 0 Å². The van der Waals surface area contributed by atoms with Crippen molar-refractivity contribution in [1.29, 1.82) is 0 Å². The molecule has 0 saturated carbocycles. The van der Waals surface area contributed by atoms with Crippen molar-refractivity contribution >= 4 is 11.9 Å². The summed E-state index contributed by atoms with van der Waals surface area (Å²) in [5.74, 6) is -0.427. The highest BCUT2D eigenvalue weighted by atomic mass is 16.5. The third kappa shape index (κ3) is 3.06. The lowest BCUT2D eigenvalue weighted by molar-refractivity contribution is 0.0599. The van der Waals surface area contributed by atoms with Crippen LogP contribution in [-0.4, -0.2) is 79.1 Å². The molecule has 0 bridgehead atoms. The Morgan fingerprint density at radius 1 is 1.17 bits per heavy atom. The van der Waals surface area contributed by atoms with E-state index in [4.69, 9.17) is 4.74 Å². The predicted molar refractivity (Wildman–Crippen MR) is 90.4 cm³/mol. The number of esters is 1. The first kappa shape index (κ1) is 17.0. The molecule has 132 valence electrons. The van der Waals surface area contributed by atoms with Crippen LogP contribution in [0.3, 0.4) is 0 Å². The number of likely N-dealkylation sites (tertiary alicyclic amines) is 1. The summed E-state index contributed by atoms with van der Waals surface area (Å²) < 4.78 is 4.82. The van der Waals surface area contributed by atoms with Gasteiger partial charge in [0.05, 0.1) is 12.7 Å². The van der Waals surface area contributed by atoms with Gasteiger partial charge in [0, 0.05) is 51.0 Å². The number of nitrogens with zero attached hydrogens (tertiary/aromatic N) is 2. The highest BCUT2D eigenvalue weighted by Gasteiger charge is 2.33. The molecule has 3 heterocycles. The van der Waals surface area contributed by atoms with Gasteiger partial charge in [-0.25, -0.2) is 4.79 Å². The molecule has 0 spiro atoms. The zero-order chi connectivity index (χ0) is 17.3. The monoisotopic (exact) mass is 334 g/mol. The summed E-state index contributed by atoms with van der Waals surface area (Å²) in [7, 11) is 1.36. The maximum atomic E-state index is 12.9. The van der Waals surface area contributed by atoms with Crippen LogP contribution in [0.15, 0.2) is 0 Å². The molecule has 2 aliphatic rings. The molecule has 2 N–H and O–H groups in total. The van der Waals surface area contributed by atoms with Gasteiger partial charge in [-0.15, -0.1) is 0 Å². The Kier molecular flexibility index (Phi) is 4.91. The maximum Gasteiger partial charge on any atom is 0.339 e. The molecule has 0 aromatic carbocycles. The van der Waals surface area contributed by atoms with E-state index < -0.39 is 5.97 Å². The molecular weight excluding hydrogens is 308 g/mol. The summed E-state index contributed by atoms with van der Waals surface area (Å²) >= 11 is 0. The molecule has 2 aliphatic heterocycles. The molecule has 2 fully saturated rings. The minimum Gasteiger partial charge on any atom is -0.465 e. The van der Waals surface area contributed by atoms with Crippen molar-refractivity contribution in [3.63, 3.8) is 0 Å². The van der Waals surface area contributed by atoms with Crippen molar-refractivity contribution in [2.75, 3.05) is 46.4 Å². The number of carbonyl (C=O) groups excluding carboxylic acids is 2. The van der Waals surface area contributed by atoms with Crippen LogP contribution >= 0.6 is 0 Å². The van der Waals surface area contributed by atoms with Gasteiger partial charge >= 0.3 is 5.97 Å². The Morgan fingerprint density at radius 3 is 2.54 bits per heavy atom. The number of ether oxygens (including phenoxy) is 1. The summed E-state index contributed by atoms with van der Waals surface area (Å²) in [5.41, 5.74) is 2.34. The van der Waals surface area contributed by atoms with E-state index in [1.54, 1.807) is 13.8 Å².